The third-order valence-corrected chi connectivity index (χ3v) is 3.54. The number of aliphatic hydroxyl groups excluding tert-OH is 1. The number of unbranched alkanes of at least 4 members (excludes halogenated alkanes) is 1. The number of ether oxygens (including phenoxy) is 3. The minimum Gasteiger partial charge on any atom is -0.462 e. The molecule has 0 bridgehead atoms. The van der Waals surface area contributed by atoms with Crippen molar-refractivity contribution in [2.45, 2.75) is 52.1 Å². The molecule has 0 atom stereocenters. The maximum Gasteiger partial charge on any atom is 0.355 e. The molecule has 0 unspecified atom stereocenters. The van der Waals surface area contributed by atoms with Gasteiger partial charge in [-0.25, -0.2) is 9.59 Å². The molecule has 156 valence electrons. The lowest BCUT2D eigenvalue weighted by Crippen LogP contribution is -2.25. The van der Waals surface area contributed by atoms with Crippen LogP contribution in [0.1, 0.15) is 66.4 Å². The molecule has 28 heavy (non-hydrogen) atoms. The quantitative estimate of drug-likeness (QED) is 0.256. The monoisotopic (exact) mass is 395 g/mol. The molecule has 1 aromatic heterocycles. The maximum atomic E-state index is 12.5. The number of esters is 3. The number of nitrogens with one attached hydrogen (secondary N) is 1. The normalized spacial score (nSPS) is 11.0. The Morgan fingerprint density at radius 3 is 2.50 bits per heavy atom. The summed E-state index contributed by atoms with van der Waals surface area (Å²) in [4.78, 5) is 39.4. The summed E-state index contributed by atoms with van der Waals surface area (Å²) >= 11 is 0. The summed E-state index contributed by atoms with van der Waals surface area (Å²) in [7, 11) is 0. The minimum absolute atomic E-state index is 0.0164. The van der Waals surface area contributed by atoms with Gasteiger partial charge in [0.1, 0.15) is 17.9 Å². The van der Waals surface area contributed by atoms with Gasteiger partial charge in [0.2, 0.25) is 0 Å². The Morgan fingerprint density at radius 1 is 1.18 bits per heavy atom. The summed E-state index contributed by atoms with van der Waals surface area (Å²) in [6.45, 7) is 8.92. The lowest BCUT2D eigenvalue weighted by Gasteiger charge is -2.19. The third-order valence-electron chi connectivity index (χ3n) is 3.54. The molecule has 0 radical (unpaired) electrons. The average Bonchev–Trinajstić information content (AvgIpc) is 3.04. The van der Waals surface area contributed by atoms with Gasteiger partial charge in [-0.15, -0.1) is 0 Å². The van der Waals surface area contributed by atoms with Crippen LogP contribution in [0.4, 0.5) is 0 Å². The summed E-state index contributed by atoms with van der Waals surface area (Å²) in [5.41, 5.74) is -0.0973. The van der Waals surface area contributed by atoms with Crippen LogP contribution in [0.3, 0.4) is 0 Å². The topological polar surface area (TPSA) is 115 Å². The molecule has 0 aromatic carbocycles. The molecule has 0 fully saturated rings. The Bertz CT molecular complexity index is 685. The van der Waals surface area contributed by atoms with Crippen LogP contribution in [0.2, 0.25) is 0 Å². The van der Waals surface area contributed by atoms with Crippen LogP contribution in [0.15, 0.2) is 18.9 Å². The highest BCUT2D eigenvalue weighted by Gasteiger charge is 2.27. The van der Waals surface area contributed by atoms with Crippen LogP contribution in [-0.2, 0) is 25.4 Å². The Morgan fingerprint density at radius 2 is 1.89 bits per heavy atom. The largest absolute Gasteiger partial charge is 0.462 e. The summed E-state index contributed by atoms with van der Waals surface area (Å²) in [5, 5.41) is 8.79. The number of aromatic nitrogens is 1. The van der Waals surface area contributed by atoms with Gasteiger partial charge in [-0.05, 0) is 45.6 Å². The number of aliphatic hydroxyl groups is 1. The first kappa shape index (κ1) is 23.4. The molecule has 0 aliphatic heterocycles. The highest BCUT2D eigenvalue weighted by atomic mass is 16.6. The molecule has 0 saturated carbocycles. The standard InChI is InChI=1S/C20H29NO7/c1-5-11-26-16(23)9-8-14-15(18(24)27-12-7-6-10-22)13-21-17(14)19(25)28-20(2,3)4/h5,13,21-22H,1,6-12H2,2-4H3. The second-order valence-electron chi connectivity index (χ2n) is 7.10. The predicted molar refractivity (Wildman–Crippen MR) is 102 cm³/mol. The highest BCUT2D eigenvalue weighted by Crippen LogP contribution is 2.21. The van der Waals surface area contributed by atoms with Crippen molar-refractivity contribution in [3.63, 3.8) is 0 Å². The number of rotatable bonds is 11. The summed E-state index contributed by atoms with van der Waals surface area (Å²) < 4.78 is 15.5. The van der Waals surface area contributed by atoms with E-state index in [4.69, 9.17) is 19.3 Å². The van der Waals surface area contributed by atoms with E-state index < -0.39 is 23.5 Å². The second kappa shape index (κ2) is 11.3. The molecule has 0 amide bonds. The van der Waals surface area contributed by atoms with Crippen molar-refractivity contribution in [3.05, 3.63) is 35.7 Å². The fraction of sp³-hybridized carbons (Fsp3) is 0.550. The molecule has 0 saturated heterocycles. The van der Waals surface area contributed by atoms with Crippen LogP contribution < -0.4 is 0 Å². The first-order valence-corrected chi connectivity index (χ1v) is 9.17. The zero-order chi connectivity index (χ0) is 21.2. The number of aromatic amines is 1. The zero-order valence-electron chi connectivity index (χ0n) is 16.7. The summed E-state index contributed by atoms with van der Waals surface area (Å²) in [6, 6.07) is 0. The van der Waals surface area contributed by atoms with Gasteiger partial charge in [-0.2, -0.15) is 0 Å². The van der Waals surface area contributed by atoms with Crippen LogP contribution in [-0.4, -0.2) is 53.4 Å². The second-order valence-corrected chi connectivity index (χ2v) is 7.10. The molecule has 8 nitrogen and oxygen atoms in total. The van der Waals surface area contributed by atoms with Crippen LogP contribution in [0.25, 0.3) is 0 Å². The molecule has 8 heteroatoms. The summed E-state index contributed by atoms with van der Waals surface area (Å²) in [5.74, 6) is -1.71. The smallest absolute Gasteiger partial charge is 0.355 e. The van der Waals surface area contributed by atoms with E-state index in [1.807, 2.05) is 0 Å². The molecule has 0 aliphatic carbocycles. The number of hydrogen-bond donors (Lipinski definition) is 2. The van der Waals surface area contributed by atoms with E-state index in [0.29, 0.717) is 18.4 Å². The van der Waals surface area contributed by atoms with E-state index in [-0.39, 0.29) is 43.9 Å². The highest BCUT2D eigenvalue weighted by molar-refractivity contribution is 5.97. The van der Waals surface area contributed by atoms with Crippen molar-refractivity contribution in [2.24, 2.45) is 0 Å². The molecule has 1 rings (SSSR count). The van der Waals surface area contributed by atoms with Gasteiger partial charge in [0, 0.05) is 19.2 Å². The number of H-pyrrole nitrogens is 1. The number of hydrogen-bond acceptors (Lipinski definition) is 7. The van der Waals surface area contributed by atoms with Gasteiger partial charge in [-0.1, -0.05) is 12.7 Å². The van der Waals surface area contributed by atoms with E-state index >= 15 is 0 Å². The number of carbonyl (C=O) groups is 3. The van der Waals surface area contributed by atoms with E-state index in [1.54, 1.807) is 20.8 Å². The van der Waals surface area contributed by atoms with E-state index in [9.17, 15) is 14.4 Å². The van der Waals surface area contributed by atoms with Crippen molar-refractivity contribution in [2.75, 3.05) is 19.8 Å². The average molecular weight is 395 g/mol. The van der Waals surface area contributed by atoms with Crippen LogP contribution >= 0.6 is 0 Å². The fourth-order valence-electron chi connectivity index (χ4n) is 2.31. The molecule has 2 N–H and O–H groups in total. The SMILES string of the molecule is C=CCOC(=O)CCc1c(C(=O)OCCCCO)c[nH]c1C(=O)OC(C)(C)C. The first-order chi connectivity index (χ1) is 13.2. The Labute approximate surface area is 164 Å². The van der Waals surface area contributed by atoms with Gasteiger partial charge < -0.3 is 24.3 Å². The molecular formula is C20H29NO7. The summed E-state index contributed by atoms with van der Waals surface area (Å²) in [6.07, 6.45) is 3.95. The van der Waals surface area contributed by atoms with Crippen molar-refractivity contribution < 1.29 is 33.7 Å². The molecule has 1 heterocycles. The van der Waals surface area contributed by atoms with Crippen molar-refractivity contribution >= 4 is 17.9 Å². The Kier molecular flexibility index (Phi) is 9.44. The van der Waals surface area contributed by atoms with Crippen LogP contribution in [0, 0.1) is 0 Å². The van der Waals surface area contributed by atoms with E-state index in [1.165, 1.54) is 12.3 Å². The molecule has 0 aliphatic rings. The maximum absolute atomic E-state index is 12.5. The van der Waals surface area contributed by atoms with Crippen LogP contribution in [0.5, 0.6) is 0 Å². The van der Waals surface area contributed by atoms with Gasteiger partial charge in [-0.3, -0.25) is 4.79 Å². The van der Waals surface area contributed by atoms with Gasteiger partial charge >= 0.3 is 17.9 Å². The van der Waals surface area contributed by atoms with Gasteiger partial charge in [0.25, 0.3) is 0 Å². The van der Waals surface area contributed by atoms with E-state index in [2.05, 4.69) is 11.6 Å². The first-order valence-electron chi connectivity index (χ1n) is 9.17. The fourth-order valence-corrected chi connectivity index (χ4v) is 2.31. The minimum atomic E-state index is -0.715. The molecule has 0 spiro atoms. The Balaban J connectivity index is 2.97. The molecular weight excluding hydrogens is 366 g/mol. The number of carbonyl (C=O) groups excluding carboxylic acids is 3. The Hall–Kier alpha value is -2.61. The predicted octanol–water partition coefficient (Wildman–Crippen LogP) is 2.56. The van der Waals surface area contributed by atoms with Crippen molar-refractivity contribution in [1.82, 2.24) is 4.98 Å². The lowest BCUT2D eigenvalue weighted by atomic mass is 10.0. The molecule has 1 aromatic rings. The lowest BCUT2D eigenvalue weighted by molar-refractivity contribution is -0.142. The third kappa shape index (κ3) is 7.96. The zero-order valence-corrected chi connectivity index (χ0v) is 16.7. The van der Waals surface area contributed by atoms with Gasteiger partial charge in [0.05, 0.1) is 12.2 Å². The van der Waals surface area contributed by atoms with Gasteiger partial charge in [0.15, 0.2) is 0 Å². The van der Waals surface area contributed by atoms with Crippen molar-refractivity contribution in [1.29, 1.82) is 0 Å². The van der Waals surface area contributed by atoms with Crippen molar-refractivity contribution in [3.8, 4) is 0 Å². The van der Waals surface area contributed by atoms with E-state index in [0.717, 1.165) is 0 Å².